The second-order valence-electron chi connectivity index (χ2n) is 4.28. The third-order valence-electron chi connectivity index (χ3n) is 2.78. The van der Waals surface area contributed by atoms with Crippen LogP contribution >= 0.6 is 0 Å². The van der Waals surface area contributed by atoms with Crippen LogP contribution in [0, 0.1) is 0 Å². The third kappa shape index (κ3) is 5.14. The summed E-state index contributed by atoms with van der Waals surface area (Å²) in [6, 6.07) is 7.08. The second kappa shape index (κ2) is 7.99. The normalized spacial score (nSPS) is 9.70. The summed E-state index contributed by atoms with van der Waals surface area (Å²) in [6.45, 7) is 5.89. The molecule has 0 atom stereocenters. The first kappa shape index (κ1) is 15.8. The van der Waals surface area contributed by atoms with Gasteiger partial charge in [0.2, 0.25) is 11.8 Å². The summed E-state index contributed by atoms with van der Waals surface area (Å²) >= 11 is 0. The first-order valence-electron chi connectivity index (χ1n) is 6.37. The van der Waals surface area contributed by atoms with E-state index < -0.39 is 0 Å². The smallest absolute Gasteiger partial charge is 0.226 e. The summed E-state index contributed by atoms with van der Waals surface area (Å²) < 4.78 is 5.04. The lowest BCUT2D eigenvalue weighted by Crippen LogP contribution is -2.32. The van der Waals surface area contributed by atoms with Crippen molar-refractivity contribution in [3.05, 3.63) is 36.9 Å². The largest absolute Gasteiger partial charge is 0.497 e. The minimum Gasteiger partial charge on any atom is -0.497 e. The van der Waals surface area contributed by atoms with E-state index in [2.05, 4.69) is 11.9 Å². The molecule has 2 amide bonds. The van der Waals surface area contributed by atoms with Gasteiger partial charge in [0.25, 0.3) is 0 Å². The van der Waals surface area contributed by atoms with E-state index in [-0.39, 0.29) is 18.2 Å². The van der Waals surface area contributed by atoms with Gasteiger partial charge in [-0.1, -0.05) is 6.08 Å². The molecule has 20 heavy (non-hydrogen) atoms. The number of anilines is 1. The van der Waals surface area contributed by atoms with Crippen molar-refractivity contribution in [1.82, 2.24) is 4.90 Å². The third-order valence-corrected chi connectivity index (χ3v) is 2.78. The number of hydrogen-bond acceptors (Lipinski definition) is 3. The van der Waals surface area contributed by atoms with Crippen molar-refractivity contribution in [2.24, 2.45) is 0 Å². The van der Waals surface area contributed by atoms with Gasteiger partial charge < -0.3 is 15.0 Å². The number of carbonyl (C=O) groups is 2. The Morgan fingerprint density at radius 2 is 2.00 bits per heavy atom. The highest BCUT2D eigenvalue weighted by molar-refractivity contribution is 5.91. The molecule has 0 aliphatic rings. The number of nitrogens with one attached hydrogen (secondary N) is 1. The van der Waals surface area contributed by atoms with Crippen molar-refractivity contribution in [2.45, 2.75) is 13.3 Å². The lowest BCUT2D eigenvalue weighted by Gasteiger charge is -2.18. The van der Waals surface area contributed by atoms with Crippen LogP contribution in [-0.2, 0) is 9.59 Å². The van der Waals surface area contributed by atoms with Crippen LogP contribution in [0.15, 0.2) is 36.9 Å². The molecular formula is C15H20N2O3. The standard InChI is InChI=1S/C15H20N2O3/c1-4-10-17(12(2)18)11-9-15(19)16-13-5-7-14(20-3)8-6-13/h4-8H,1,9-11H2,2-3H3,(H,16,19). The summed E-state index contributed by atoms with van der Waals surface area (Å²) in [5.74, 6) is 0.532. The molecule has 0 unspecified atom stereocenters. The minimum atomic E-state index is -0.134. The van der Waals surface area contributed by atoms with E-state index in [1.807, 2.05) is 0 Å². The Morgan fingerprint density at radius 3 is 2.50 bits per heavy atom. The number of methoxy groups -OCH3 is 1. The molecule has 1 aromatic carbocycles. The number of ether oxygens (including phenoxy) is 1. The SMILES string of the molecule is C=CCN(CCC(=O)Nc1ccc(OC)cc1)C(C)=O. The van der Waals surface area contributed by atoms with Crippen LogP contribution in [0.1, 0.15) is 13.3 Å². The fourth-order valence-corrected chi connectivity index (χ4v) is 1.67. The quantitative estimate of drug-likeness (QED) is 0.775. The summed E-state index contributed by atoms with van der Waals surface area (Å²) in [5, 5.41) is 2.77. The fraction of sp³-hybridized carbons (Fsp3) is 0.333. The van der Waals surface area contributed by atoms with E-state index in [0.29, 0.717) is 18.8 Å². The van der Waals surface area contributed by atoms with Gasteiger partial charge in [-0.2, -0.15) is 0 Å². The first-order valence-corrected chi connectivity index (χ1v) is 6.37. The van der Waals surface area contributed by atoms with Gasteiger partial charge in [0.15, 0.2) is 0 Å². The minimum absolute atomic E-state index is 0.0675. The number of amides is 2. The molecule has 5 nitrogen and oxygen atoms in total. The van der Waals surface area contributed by atoms with Crippen molar-refractivity contribution in [1.29, 1.82) is 0 Å². The fourth-order valence-electron chi connectivity index (χ4n) is 1.67. The average molecular weight is 276 g/mol. The Hall–Kier alpha value is -2.30. The van der Waals surface area contributed by atoms with Crippen molar-refractivity contribution >= 4 is 17.5 Å². The molecule has 0 saturated carbocycles. The summed E-state index contributed by atoms with van der Waals surface area (Å²) in [6.07, 6.45) is 1.89. The number of carbonyl (C=O) groups excluding carboxylic acids is 2. The highest BCUT2D eigenvalue weighted by Gasteiger charge is 2.09. The van der Waals surface area contributed by atoms with E-state index >= 15 is 0 Å². The van der Waals surface area contributed by atoms with Crippen molar-refractivity contribution in [3.8, 4) is 5.75 Å². The highest BCUT2D eigenvalue weighted by atomic mass is 16.5. The van der Waals surface area contributed by atoms with Gasteiger partial charge in [-0.3, -0.25) is 9.59 Å². The van der Waals surface area contributed by atoms with Crippen molar-refractivity contribution < 1.29 is 14.3 Å². The lowest BCUT2D eigenvalue weighted by molar-refractivity contribution is -0.128. The van der Waals surface area contributed by atoms with Gasteiger partial charge in [0, 0.05) is 32.1 Å². The maximum absolute atomic E-state index is 11.8. The number of rotatable bonds is 7. The van der Waals surface area contributed by atoms with E-state index in [9.17, 15) is 9.59 Å². The Bertz CT molecular complexity index is 469. The zero-order valence-corrected chi connectivity index (χ0v) is 11.9. The van der Waals surface area contributed by atoms with Gasteiger partial charge >= 0.3 is 0 Å². The molecule has 1 aromatic rings. The van der Waals surface area contributed by atoms with Crippen LogP contribution in [0.25, 0.3) is 0 Å². The number of hydrogen-bond donors (Lipinski definition) is 1. The molecule has 0 fully saturated rings. The molecule has 0 aliphatic heterocycles. The van der Waals surface area contributed by atoms with Crippen LogP contribution in [0.3, 0.4) is 0 Å². The molecule has 108 valence electrons. The predicted octanol–water partition coefficient (Wildman–Crippen LogP) is 2.06. The Kier molecular flexibility index (Phi) is 6.29. The van der Waals surface area contributed by atoms with Crippen LogP contribution in [0.5, 0.6) is 5.75 Å². The molecule has 0 aliphatic carbocycles. The molecule has 1 rings (SSSR count). The molecule has 0 aromatic heterocycles. The van der Waals surface area contributed by atoms with Crippen molar-refractivity contribution in [2.75, 3.05) is 25.5 Å². The molecular weight excluding hydrogens is 256 g/mol. The van der Waals surface area contributed by atoms with E-state index in [0.717, 1.165) is 5.75 Å². The maximum Gasteiger partial charge on any atom is 0.226 e. The van der Waals surface area contributed by atoms with Crippen molar-refractivity contribution in [3.63, 3.8) is 0 Å². The van der Waals surface area contributed by atoms with Gasteiger partial charge in [-0.25, -0.2) is 0 Å². The first-order chi connectivity index (χ1) is 9.56. The Balaban J connectivity index is 2.46. The predicted molar refractivity (Wildman–Crippen MR) is 78.7 cm³/mol. The highest BCUT2D eigenvalue weighted by Crippen LogP contribution is 2.15. The average Bonchev–Trinajstić information content (AvgIpc) is 2.44. The number of nitrogens with zero attached hydrogens (tertiary/aromatic N) is 1. The monoisotopic (exact) mass is 276 g/mol. The maximum atomic E-state index is 11.8. The molecule has 0 spiro atoms. The molecule has 0 heterocycles. The second-order valence-corrected chi connectivity index (χ2v) is 4.28. The van der Waals surface area contributed by atoms with Gasteiger partial charge in [-0.15, -0.1) is 6.58 Å². The van der Waals surface area contributed by atoms with Crippen LogP contribution in [0.2, 0.25) is 0 Å². The molecule has 1 N–H and O–H groups in total. The Labute approximate surface area is 119 Å². The van der Waals surface area contributed by atoms with Gasteiger partial charge in [0.1, 0.15) is 5.75 Å². The van der Waals surface area contributed by atoms with E-state index in [1.54, 1.807) is 42.4 Å². The molecule has 0 saturated heterocycles. The van der Waals surface area contributed by atoms with Gasteiger partial charge in [0.05, 0.1) is 7.11 Å². The lowest BCUT2D eigenvalue weighted by atomic mass is 10.3. The van der Waals surface area contributed by atoms with Crippen LogP contribution in [0.4, 0.5) is 5.69 Å². The topological polar surface area (TPSA) is 58.6 Å². The molecule has 0 radical (unpaired) electrons. The number of benzene rings is 1. The van der Waals surface area contributed by atoms with Crippen LogP contribution in [-0.4, -0.2) is 36.9 Å². The molecule has 0 bridgehead atoms. The summed E-state index contributed by atoms with van der Waals surface area (Å²) in [7, 11) is 1.59. The van der Waals surface area contributed by atoms with E-state index in [4.69, 9.17) is 4.74 Å². The zero-order valence-electron chi connectivity index (χ0n) is 11.9. The Morgan fingerprint density at radius 1 is 1.35 bits per heavy atom. The van der Waals surface area contributed by atoms with Gasteiger partial charge in [-0.05, 0) is 24.3 Å². The van der Waals surface area contributed by atoms with Crippen LogP contribution < -0.4 is 10.1 Å². The summed E-state index contributed by atoms with van der Waals surface area (Å²) in [4.78, 5) is 24.7. The van der Waals surface area contributed by atoms with E-state index in [1.165, 1.54) is 6.92 Å². The molecule has 5 heteroatoms. The summed E-state index contributed by atoms with van der Waals surface area (Å²) in [5.41, 5.74) is 0.703. The zero-order chi connectivity index (χ0) is 15.0.